The molecule has 32 heavy (non-hydrogen) atoms. The molecule has 8 heteroatoms. The Morgan fingerprint density at radius 2 is 1.81 bits per heavy atom. The number of likely N-dealkylation sites (N-methyl/N-ethyl adjacent to an activating group) is 1. The van der Waals surface area contributed by atoms with E-state index in [-0.39, 0.29) is 11.5 Å². The maximum Gasteiger partial charge on any atom is 0.259 e. The summed E-state index contributed by atoms with van der Waals surface area (Å²) < 4.78 is 0. The summed E-state index contributed by atoms with van der Waals surface area (Å²) in [6.07, 6.45) is 0.705. The summed E-state index contributed by atoms with van der Waals surface area (Å²) in [6, 6.07) is 8.46. The number of hydrogen-bond acceptors (Lipinski definition) is 6. The third kappa shape index (κ3) is 5.43. The lowest BCUT2D eigenvalue weighted by molar-refractivity contribution is -0.121. The number of aromatic nitrogens is 2. The second-order valence-electron chi connectivity index (χ2n) is 8.65. The van der Waals surface area contributed by atoms with Gasteiger partial charge < -0.3 is 15.2 Å². The third-order valence-corrected chi connectivity index (χ3v) is 7.29. The van der Waals surface area contributed by atoms with E-state index in [1.165, 1.54) is 16.9 Å². The number of thiophene rings is 1. The van der Waals surface area contributed by atoms with Gasteiger partial charge >= 0.3 is 0 Å². The van der Waals surface area contributed by atoms with Crippen LogP contribution in [0.3, 0.4) is 0 Å². The van der Waals surface area contributed by atoms with Gasteiger partial charge in [0, 0.05) is 57.0 Å². The van der Waals surface area contributed by atoms with Crippen LogP contribution in [0.25, 0.3) is 10.2 Å². The van der Waals surface area contributed by atoms with E-state index in [4.69, 9.17) is 0 Å². The topological polar surface area (TPSA) is 81.3 Å². The van der Waals surface area contributed by atoms with Crippen molar-refractivity contribution in [1.29, 1.82) is 0 Å². The average molecular weight is 454 g/mol. The molecule has 1 aliphatic rings. The minimum atomic E-state index is -0.121. The number of aryl methyl sites for hydroxylation is 3. The first-order chi connectivity index (χ1) is 15.4. The zero-order chi connectivity index (χ0) is 22.7. The van der Waals surface area contributed by atoms with E-state index in [0.29, 0.717) is 30.6 Å². The second-order valence-corrected chi connectivity index (χ2v) is 9.85. The number of fused-ring (bicyclic) bond motifs is 1. The molecule has 1 fully saturated rings. The lowest BCUT2D eigenvalue weighted by Gasteiger charge is -2.32. The Labute approximate surface area is 192 Å². The number of piperazine rings is 1. The van der Waals surface area contributed by atoms with Crippen LogP contribution in [0.5, 0.6) is 0 Å². The fourth-order valence-corrected chi connectivity index (χ4v) is 5.01. The molecule has 1 aliphatic heterocycles. The van der Waals surface area contributed by atoms with Gasteiger partial charge in [0.15, 0.2) is 0 Å². The third-order valence-electron chi connectivity index (χ3n) is 6.19. The molecule has 1 amide bonds. The summed E-state index contributed by atoms with van der Waals surface area (Å²) in [5.74, 6) is 0.514. The fourth-order valence-electron chi connectivity index (χ4n) is 3.97. The minimum absolute atomic E-state index is 0.0483. The highest BCUT2D eigenvalue weighted by atomic mass is 32.1. The lowest BCUT2D eigenvalue weighted by Crippen LogP contribution is -2.43. The molecule has 2 aromatic heterocycles. The van der Waals surface area contributed by atoms with Crippen molar-refractivity contribution in [2.24, 2.45) is 0 Å². The maximum absolute atomic E-state index is 12.4. The molecule has 0 bridgehead atoms. The highest BCUT2D eigenvalue weighted by Gasteiger charge is 2.14. The van der Waals surface area contributed by atoms with Crippen LogP contribution in [-0.4, -0.2) is 58.9 Å². The Hall–Kier alpha value is -2.55. The van der Waals surface area contributed by atoms with Crippen molar-refractivity contribution in [2.45, 2.75) is 39.8 Å². The van der Waals surface area contributed by atoms with Gasteiger partial charge in [-0.25, -0.2) is 4.98 Å². The molecule has 170 valence electrons. The maximum atomic E-state index is 12.4. The molecule has 3 heterocycles. The van der Waals surface area contributed by atoms with Crippen LogP contribution in [0.1, 0.15) is 33.8 Å². The summed E-state index contributed by atoms with van der Waals surface area (Å²) in [4.78, 5) is 38.7. The number of carbonyl (C=O) groups is 1. The number of carbonyl (C=O) groups excluding carboxylic acids is 1. The van der Waals surface area contributed by atoms with E-state index in [9.17, 15) is 9.59 Å². The summed E-state index contributed by atoms with van der Waals surface area (Å²) >= 11 is 1.52. The van der Waals surface area contributed by atoms with Crippen LogP contribution in [-0.2, 0) is 24.3 Å². The number of benzene rings is 1. The summed E-state index contributed by atoms with van der Waals surface area (Å²) in [5.41, 5.74) is 3.24. The second kappa shape index (κ2) is 9.94. The zero-order valence-electron chi connectivity index (χ0n) is 19.0. The predicted molar refractivity (Wildman–Crippen MR) is 129 cm³/mol. The van der Waals surface area contributed by atoms with E-state index in [0.717, 1.165) is 53.6 Å². The first-order valence-electron chi connectivity index (χ1n) is 11.1. The summed E-state index contributed by atoms with van der Waals surface area (Å²) in [7, 11) is 2.17. The van der Waals surface area contributed by atoms with Gasteiger partial charge in [-0.15, -0.1) is 11.3 Å². The molecule has 2 N–H and O–H groups in total. The fraction of sp³-hybridized carbons (Fsp3) is 0.458. The molecular weight excluding hydrogens is 422 g/mol. The minimum Gasteiger partial charge on any atom is -0.352 e. The average Bonchev–Trinajstić information content (AvgIpc) is 3.07. The van der Waals surface area contributed by atoms with Crippen molar-refractivity contribution in [3.8, 4) is 0 Å². The lowest BCUT2D eigenvalue weighted by atomic mass is 10.1. The van der Waals surface area contributed by atoms with Crippen molar-refractivity contribution in [3.63, 3.8) is 0 Å². The standard InChI is InChI=1S/C24H31N5O2S/c1-16-17(2)32-24-22(16)23(31)26-20(27-24)8-9-21(30)25-14-18-4-6-19(7-5-18)15-29-12-10-28(3)11-13-29/h4-7H,8-15H2,1-3H3,(H,25,30)(H,26,27,31). The van der Waals surface area contributed by atoms with E-state index < -0.39 is 0 Å². The van der Waals surface area contributed by atoms with Gasteiger partial charge in [0.25, 0.3) is 5.56 Å². The Morgan fingerprint density at radius 1 is 1.12 bits per heavy atom. The largest absolute Gasteiger partial charge is 0.352 e. The van der Waals surface area contributed by atoms with Crippen molar-refractivity contribution in [1.82, 2.24) is 25.1 Å². The first kappa shape index (κ1) is 22.6. The van der Waals surface area contributed by atoms with Crippen molar-refractivity contribution >= 4 is 27.5 Å². The van der Waals surface area contributed by atoms with Gasteiger partial charge in [-0.1, -0.05) is 24.3 Å². The molecule has 1 saturated heterocycles. The van der Waals surface area contributed by atoms with Crippen molar-refractivity contribution < 1.29 is 4.79 Å². The molecule has 4 rings (SSSR count). The van der Waals surface area contributed by atoms with Crippen molar-refractivity contribution in [3.05, 3.63) is 62.0 Å². The predicted octanol–water partition coefficient (Wildman–Crippen LogP) is 2.60. The molecule has 0 unspecified atom stereocenters. The zero-order valence-corrected chi connectivity index (χ0v) is 19.8. The molecule has 1 aromatic carbocycles. The monoisotopic (exact) mass is 453 g/mol. The number of nitrogens with zero attached hydrogens (tertiary/aromatic N) is 3. The van der Waals surface area contributed by atoms with E-state index >= 15 is 0 Å². The molecule has 0 atom stereocenters. The smallest absolute Gasteiger partial charge is 0.259 e. The van der Waals surface area contributed by atoms with Crippen LogP contribution in [0.4, 0.5) is 0 Å². The van der Waals surface area contributed by atoms with Gasteiger partial charge in [0.2, 0.25) is 5.91 Å². The van der Waals surface area contributed by atoms with Crippen LogP contribution < -0.4 is 10.9 Å². The van der Waals surface area contributed by atoms with E-state index in [1.807, 2.05) is 13.8 Å². The number of amides is 1. The number of hydrogen-bond donors (Lipinski definition) is 2. The molecule has 3 aromatic rings. The first-order valence-corrected chi connectivity index (χ1v) is 11.9. The normalized spacial score (nSPS) is 15.3. The SMILES string of the molecule is Cc1sc2nc(CCC(=O)NCc3ccc(CN4CCN(C)CC4)cc3)[nH]c(=O)c2c1C. The van der Waals surface area contributed by atoms with Crippen LogP contribution >= 0.6 is 11.3 Å². The van der Waals surface area contributed by atoms with Gasteiger partial charge in [-0.2, -0.15) is 0 Å². The number of nitrogens with one attached hydrogen (secondary N) is 2. The van der Waals surface area contributed by atoms with Crippen LogP contribution in [0, 0.1) is 13.8 Å². The number of rotatable bonds is 7. The quantitative estimate of drug-likeness (QED) is 0.575. The summed E-state index contributed by atoms with van der Waals surface area (Å²) in [5, 5.41) is 3.63. The molecule has 0 aliphatic carbocycles. The number of H-pyrrole nitrogens is 1. The Kier molecular flexibility index (Phi) is 7.03. The molecule has 0 saturated carbocycles. The number of aromatic amines is 1. The summed E-state index contributed by atoms with van der Waals surface area (Å²) in [6.45, 7) is 9.85. The van der Waals surface area contributed by atoms with E-state index in [2.05, 4.69) is 56.4 Å². The Balaban J connectivity index is 1.25. The van der Waals surface area contributed by atoms with Gasteiger partial charge in [0.1, 0.15) is 10.7 Å². The van der Waals surface area contributed by atoms with Crippen LogP contribution in [0.2, 0.25) is 0 Å². The molecule has 0 radical (unpaired) electrons. The van der Waals surface area contributed by atoms with Crippen LogP contribution in [0.15, 0.2) is 29.1 Å². The highest BCUT2D eigenvalue weighted by Crippen LogP contribution is 2.25. The van der Waals surface area contributed by atoms with Gasteiger partial charge in [0.05, 0.1) is 5.39 Å². The van der Waals surface area contributed by atoms with Gasteiger partial charge in [-0.05, 0) is 37.6 Å². The Bertz CT molecular complexity index is 1140. The molecule has 0 spiro atoms. The molecule has 7 nitrogen and oxygen atoms in total. The highest BCUT2D eigenvalue weighted by molar-refractivity contribution is 7.18. The van der Waals surface area contributed by atoms with Crippen molar-refractivity contribution in [2.75, 3.05) is 33.2 Å². The van der Waals surface area contributed by atoms with E-state index in [1.54, 1.807) is 0 Å². The molecular formula is C24H31N5O2S. The van der Waals surface area contributed by atoms with Gasteiger partial charge in [-0.3, -0.25) is 14.5 Å². The Morgan fingerprint density at radius 3 is 2.53 bits per heavy atom.